The van der Waals surface area contributed by atoms with Crippen LogP contribution in [0.25, 0.3) is 22.3 Å². The molecular formula is C22H19ClN4O. The van der Waals surface area contributed by atoms with Gasteiger partial charge < -0.3 is 9.97 Å². The summed E-state index contributed by atoms with van der Waals surface area (Å²) in [5, 5.41) is 1.87. The van der Waals surface area contributed by atoms with Gasteiger partial charge in [-0.25, -0.2) is 4.98 Å². The van der Waals surface area contributed by atoms with Crippen molar-refractivity contribution in [1.29, 1.82) is 0 Å². The third-order valence-electron chi connectivity index (χ3n) is 5.25. The molecule has 0 aliphatic carbocycles. The smallest absolute Gasteiger partial charge is 0.255 e. The SMILES string of the molecule is O=c1[nH]c(-c2ccc(Cl)cc2)nc2c1CN(Cc1cc3ccccc3[nH]1)CC2. The van der Waals surface area contributed by atoms with Crippen molar-refractivity contribution in [3.8, 4) is 11.4 Å². The lowest BCUT2D eigenvalue weighted by atomic mass is 10.1. The van der Waals surface area contributed by atoms with Gasteiger partial charge in [0.25, 0.3) is 5.56 Å². The van der Waals surface area contributed by atoms with Gasteiger partial charge in [0.05, 0.1) is 11.3 Å². The molecule has 6 heteroatoms. The van der Waals surface area contributed by atoms with E-state index in [9.17, 15) is 4.79 Å². The van der Waals surface area contributed by atoms with Gasteiger partial charge in [0, 0.05) is 47.9 Å². The second-order valence-electron chi connectivity index (χ2n) is 7.19. The van der Waals surface area contributed by atoms with E-state index in [4.69, 9.17) is 16.6 Å². The lowest BCUT2D eigenvalue weighted by molar-refractivity contribution is 0.239. The molecule has 3 heterocycles. The number of aromatic nitrogens is 3. The summed E-state index contributed by atoms with van der Waals surface area (Å²) in [5.74, 6) is 0.601. The third kappa shape index (κ3) is 3.23. The van der Waals surface area contributed by atoms with Crippen molar-refractivity contribution >= 4 is 22.5 Å². The molecule has 0 amide bonds. The van der Waals surface area contributed by atoms with Gasteiger partial charge in [0.2, 0.25) is 0 Å². The fourth-order valence-corrected chi connectivity index (χ4v) is 3.95. The molecule has 4 aromatic rings. The predicted octanol–water partition coefficient (Wildman–Crippen LogP) is 4.13. The number of nitrogens with zero attached hydrogens (tertiary/aromatic N) is 2. The lowest BCUT2D eigenvalue weighted by Gasteiger charge is -2.27. The summed E-state index contributed by atoms with van der Waals surface area (Å²) in [7, 11) is 0. The van der Waals surface area contributed by atoms with E-state index in [1.165, 1.54) is 5.39 Å². The van der Waals surface area contributed by atoms with Crippen LogP contribution in [0, 0.1) is 0 Å². The molecule has 0 saturated heterocycles. The summed E-state index contributed by atoms with van der Waals surface area (Å²) in [5.41, 5.74) is 4.76. The van der Waals surface area contributed by atoms with E-state index >= 15 is 0 Å². The van der Waals surface area contributed by atoms with Crippen molar-refractivity contribution in [2.75, 3.05) is 6.54 Å². The zero-order chi connectivity index (χ0) is 19.1. The topological polar surface area (TPSA) is 64.8 Å². The summed E-state index contributed by atoms with van der Waals surface area (Å²) >= 11 is 5.95. The second-order valence-corrected chi connectivity index (χ2v) is 7.63. The van der Waals surface area contributed by atoms with Gasteiger partial charge in [-0.15, -0.1) is 0 Å². The van der Waals surface area contributed by atoms with Crippen LogP contribution in [0.1, 0.15) is 17.0 Å². The number of rotatable bonds is 3. The highest BCUT2D eigenvalue weighted by atomic mass is 35.5. The molecular weight excluding hydrogens is 372 g/mol. The van der Waals surface area contributed by atoms with Gasteiger partial charge >= 0.3 is 0 Å². The van der Waals surface area contributed by atoms with Gasteiger partial charge in [-0.2, -0.15) is 0 Å². The highest BCUT2D eigenvalue weighted by molar-refractivity contribution is 6.30. The summed E-state index contributed by atoms with van der Waals surface area (Å²) in [4.78, 5) is 26.1. The predicted molar refractivity (Wildman–Crippen MR) is 111 cm³/mol. The van der Waals surface area contributed by atoms with Crippen LogP contribution in [0.4, 0.5) is 0 Å². The first kappa shape index (κ1) is 17.2. The first-order valence-electron chi connectivity index (χ1n) is 9.33. The van der Waals surface area contributed by atoms with E-state index in [0.717, 1.165) is 47.5 Å². The van der Waals surface area contributed by atoms with Crippen LogP contribution >= 0.6 is 11.6 Å². The molecule has 0 unspecified atom stereocenters. The van der Waals surface area contributed by atoms with Gasteiger partial charge in [-0.1, -0.05) is 29.8 Å². The quantitative estimate of drug-likeness (QED) is 0.552. The minimum Gasteiger partial charge on any atom is -0.357 e. The Morgan fingerprint density at radius 2 is 1.89 bits per heavy atom. The molecule has 0 fully saturated rings. The van der Waals surface area contributed by atoms with Crippen LogP contribution in [0.15, 0.2) is 59.4 Å². The normalized spacial score (nSPS) is 14.3. The second kappa shape index (κ2) is 6.93. The Labute approximate surface area is 167 Å². The molecule has 5 nitrogen and oxygen atoms in total. The highest BCUT2D eigenvalue weighted by Gasteiger charge is 2.22. The number of aromatic amines is 2. The van der Waals surface area contributed by atoms with E-state index in [1.807, 2.05) is 24.3 Å². The fourth-order valence-electron chi connectivity index (χ4n) is 3.82. The average Bonchev–Trinajstić information content (AvgIpc) is 3.11. The Hall–Kier alpha value is -2.89. The van der Waals surface area contributed by atoms with Crippen LogP contribution in [0.2, 0.25) is 5.02 Å². The van der Waals surface area contributed by atoms with E-state index in [0.29, 0.717) is 17.4 Å². The zero-order valence-electron chi connectivity index (χ0n) is 15.2. The van der Waals surface area contributed by atoms with Crippen molar-refractivity contribution < 1.29 is 0 Å². The lowest BCUT2D eigenvalue weighted by Crippen LogP contribution is -2.35. The molecule has 140 valence electrons. The largest absolute Gasteiger partial charge is 0.357 e. The van der Waals surface area contributed by atoms with E-state index < -0.39 is 0 Å². The highest BCUT2D eigenvalue weighted by Crippen LogP contribution is 2.22. The van der Waals surface area contributed by atoms with Gasteiger partial charge in [-0.05, 0) is 41.8 Å². The van der Waals surface area contributed by atoms with E-state index in [-0.39, 0.29) is 5.56 Å². The van der Waals surface area contributed by atoms with Crippen molar-refractivity contribution in [1.82, 2.24) is 19.9 Å². The molecule has 2 aromatic heterocycles. The maximum absolute atomic E-state index is 12.7. The molecule has 1 aliphatic rings. The average molecular weight is 391 g/mol. The first-order chi connectivity index (χ1) is 13.7. The van der Waals surface area contributed by atoms with E-state index in [2.05, 4.69) is 33.1 Å². The number of hydrogen-bond donors (Lipinski definition) is 2. The van der Waals surface area contributed by atoms with Crippen molar-refractivity contribution in [2.24, 2.45) is 0 Å². The number of benzene rings is 2. The maximum atomic E-state index is 12.7. The summed E-state index contributed by atoms with van der Waals surface area (Å²) in [6.45, 7) is 2.26. The van der Waals surface area contributed by atoms with Crippen LogP contribution < -0.4 is 5.56 Å². The number of fused-ring (bicyclic) bond motifs is 2. The molecule has 0 atom stereocenters. The molecule has 28 heavy (non-hydrogen) atoms. The summed E-state index contributed by atoms with van der Waals surface area (Å²) in [6, 6.07) is 17.8. The molecule has 0 bridgehead atoms. The van der Waals surface area contributed by atoms with Crippen LogP contribution in [-0.2, 0) is 19.5 Å². The third-order valence-corrected chi connectivity index (χ3v) is 5.50. The Bertz CT molecular complexity index is 1180. The van der Waals surface area contributed by atoms with Crippen LogP contribution in [0.5, 0.6) is 0 Å². The van der Waals surface area contributed by atoms with Gasteiger partial charge in [0.15, 0.2) is 0 Å². The Kier molecular flexibility index (Phi) is 4.26. The Morgan fingerprint density at radius 1 is 1.07 bits per heavy atom. The van der Waals surface area contributed by atoms with Crippen LogP contribution in [0.3, 0.4) is 0 Å². The van der Waals surface area contributed by atoms with Gasteiger partial charge in [0.1, 0.15) is 5.82 Å². The molecule has 5 rings (SSSR count). The summed E-state index contributed by atoms with van der Waals surface area (Å²) in [6.07, 6.45) is 0.764. The first-order valence-corrected chi connectivity index (χ1v) is 9.70. The molecule has 0 radical (unpaired) electrons. The van der Waals surface area contributed by atoms with Crippen LogP contribution in [-0.4, -0.2) is 26.4 Å². The van der Waals surface area contributed by atoms with Gasteiger partial charge in [-0.3, -0.25) is 9.69 Å². The zero-order valence-corrected chi connectivity index (χ0v) is 16.0. The van der Waals surface area contributed by atoms with Crippen molar-refractivity contribution in [2.45, 2.75) is 19.5 Å². The molecule has 2 aromatic carbocycles. The summed E-state index contributed by atoms with van der Waals surface area (Å²) < 4.78 is 0. The standard InChI is InChI=1S/C22H19ClN4O/c23-16-7-5-14(6-8-16)21-25-20-9-10-27(13-18(20)22(28)26-21)12-17-11-15-3-1-2-4-19(15)24-17/h1-8,11,24H,9-10,12-13H2,(H,25,26,28). The molecule has 1 aliphatic heterocycles. The minimum absolute atomic E-state index is 0.0590. The minimum atomic E-state index is -0.0590. The number of H-pyrrole nitrogens is 2. The number of halogens is 1. The maximum Gasteiger partial charge on any atom is 0.255 e. The number of hydrogen-bond acceptors (Lipinski definition) is 3. The van der Waals surface area contributed by atoms with E-state index in [1.54, 1.807) is 12.1 Å². The van der Waals surface area contributed by atoms with Crippen molar-refractivity contribution in [3.05, 3.63) is 86.9 Å². The Balaban J connectivity index is 1.39. The monoisotopic (exact) mass is 390 g/mol. The molecule has 0 saturated carbocycles. The molecule has 0 spiro atoms. The molecule has 2 N–H and O–H groups in total. The Morgan fingerprint density at radius 3 is 2.71 bits per heavy atom. The number of para-hydroxylation sites is 1. The fraction of sp³-hybridized carbons (Fsp3) is 0.182. The number of nitrogens with one attached hydrogen (secondary N) is 2. The van der Waals surface area contributed by atoms with Crippen molar-refractivity contribution in [3.63, 3.8) is 0 Å².